The van der Waals surface area contributed by atoms with Gasteiger partial charge in [-0.3, -0.25) is 4.90 Å². The summed E-state index contributed by atoms with van der Waals surface area (Å²) in [6, 6.07) is 8.06. The quantitative estimate of drug-likeness (QED) is 0.862. The normalized spacial score (nSPS) is 15.6. The first-order chi connectivity index (χ1) is 8.75. The smallest absolute Gasteiger partial charge is 0.0406 e. The summed E-state index contributed by atoms with van der Waals surface area (Å²) in [5.41, 5.74) is 7.43. The van der Waals surface area contributed by atoms with Crippen molar-refractivity contribution >= 4 is 11.6 Å². The Balaban J connectivity index is 2.94. The van der Waals surface area contributed by atoms with E-state index >= 15 is 0 Å². The van der Waals surface area contributed by atoms with E-state index in [9.17, 15) is 0 Å². The van der Waals surface area contributed by atoms with Crippen LogP contribution in [0.1, 0.15) is 39.7 Å². The summed E-state index contributed by atoms with van der Waals surface area (Å²) in [6.07, 6.45) is 2.03. The molecule has 0 amide bonds. The third-order valence-corrected chi connectivity index (χ3v) is 4.77. The highest BCUT2D eigenvalue weighted by atomic mass is 35.5. The van der Waals surface area contributed by atoms with E-state index < -0.39 is 0 Å². The van der Waals surface area contributed by atoms with Crippen LogP contribution in [0.3, 0.4) is 0 Å². The SMILES string of the molecule is CCC(C)(C)N(C)C(C)(CN)Cc1ccc(Cl)cc1. The Kier molecular flexibility index (Phi) is 5.43. The van der Waals surface area contributed by atoms with E-state index in [2.05, 4.69) is 51.8 Å². The molecular weight excluding hydrogens is 256 g/mol. The molecule has 0 aliphatic heterocycles. The van der Waals surface area contributed by atoms with Crippen molar-refractivity contribution in [2.75, 3.05) is 13.6 Å². The minimum absolute atomic E-state index is 0.0483. The number of hydrogen-bond acceptors (Lipinski definition) is 2. The van der Waals surface area contributed by atoms with Crippen LogP contribution in [0.25, 0.3) is 0 Å². The van der Waals surface area contributed by atoms with Gasteiger partial charge in [0.25, 0.3) is 0 Å². The van der Waals surface area contributed by atoms with Crippen LogP contribution in [0.2, 0.25) is 5.02 Å². The third-order valence-electron chi connectivity index (χ3n) is 4.52. The lowest BCUT2D eigenvalue weighted by molar-refractivity contribution is 0.0355. The lowest BCUT2D eigenvalue weighted by Crippen LogP contribution is -2.59. The van der Waals surface area contributed by atoms with Crippen molar-refractivity contribution in [1.29, 1.82) is 0 Å². The Morgan fingerprint density at radius 2 is 1.68 bits per heavy atom. The fraction of sp³-hybridized carbons (Fsp3) is 0.625. The van der Waals surface area contributed by atoms with Gasteiger partial charge in [-0.2, -0.15) is 0 Å². The van der Waals surface area contributed by atoms with E-state index in [1.807, 2.05) is 12.1 Å². The molecule has 0 spiro atoms. The van der Waals surface area contributed by atoms with E-state index in [0.717, 1.165) is 17.9 Å². The molecule has 1 unspecified atom stereocenters. The fourth-order valence-electron chi connectivity index (χ4n) is 2.34. The summed E-state index contributed by atoms with van der Waals surface area (Å²) < 4.78 is 0. The van der Waals surface area contributed by atoms with E-state index in [1.54, 1.807) is 0 Å². The molecule has 3 heteroatoms. The molecule has 1 aromatic carbocycles. The number of likely N-dealkylation sites (N-methyl/N-ethyl adjacent to an activating group) is 1. The summed E-state index contributed by atoms with van der Waals surface area (Å²) >= 11 is 5.94. The zero-order valence-electron chi connectivity index (χ0n) is 12.8. The maximum atomic E-state index is 6.07. The second-order valence-electron chi connectivity index (χ2n) is 6.23. The standard InChI is InChI=1S/C16H27ClN2/c1-6-15(2,3)19(5)16(4,12-18)11-13-7-9-14(17)10-8-13/h7-10H,6,11-12,18H2,1-5H3. The Labute approximate surface area is 122 Å². The largest absolute Gasteiger partial charge is 0.329 e. The van der Waals surface area contributed by atoms with Gasteiger partial charge in [-0.1, -0.05) is 30.7 Å². The highest BCUT2D eigenvalue weighted by Gasteiger charge is 2.36. The molecule has 0 fully saturated rings. The molecular formula is C16H27ClN2. The maximum Gasteiger partial charge on any atom is 0.0406 e. The van der Waals surface area contributed by atoms with Gasteiger partial charge in [-0.25, -0.2) is 0 Å². The van der Waals surface area contributed by atoms with Gasteiger partial charge in [-0.15, -0.1) is 0 Å². The lowest BCUT2D eigenvalue weighted by Gasteiger charge is -2.48. The van der Waals surface area contributed by atoms with Crippen molar-refractivity contribution in [3.05, 3.63) is 34.9 Å². The number of rotatable bonds is 6. The Bertz CT molecular complexity index is 400. The maximum absolute atomic E-state index is 6.07. The van der Waals surface area contributed by atoms with Crippen LogP contribution in [0, 0.1) is 0 Å². The molecule has 0 aromatic heterocycles. The molecule has 108 valence electrons. The summed E-state index contributed by atoms with van der Waals surface area (Å²) in [7, 11) is 2.17. The predicted molar refractivity (Wildman–Crippen MR) is 84.7 cm³/mol. The van der Waals surface area contributed by atoms with Gasteiger partial charge in [0.05, 0.1) is 0 Å². The van der Waals surface area contributed by atoms with Crippen LogP contribution < -0.4 is 5.73 Å². The lowest BCUT2D eigenvalue weighted by atomic mass is 9.86. The summed E-state index contributed by atoms with van der Waals surface area (Å²) in [5, 5.41) is 0.778. The first-order valence-electron chi connectivity index (χ1n) is 6.93. The van der Waals surface area contributed by atoms with Crippen molar-refractivity contribution in [2.45, 2.75) is 51.6 Å². The van der Waals surface area contributed by atoms with Crippen LogP contribution in [-0.4, -0.2) is 29.6 Å². The van der Waals surface area contributed by atoms with Crippen molar-refractivity contribution < 1.29 is 0 Å². The average molecular weight is 283 g/mol. The van der Waals surface area contributed by atoms with Crippen LogP contribution in [0.15, 0.2) is 24.3 Å². The minimum atomic E-state index is -0.0483. The summed E-state index contributed by atoms with van der Waals surface area (Å²) in [4.78, 5) is 2.41. The number of nitrogens with two attached hydrogens (primary N) is 1. The molecule has 0 saturated heterocycles. The Morgan fingerprint density at radius 1 is 1.16 bits per heavy atom. The molecule has 0 heterocycles. The molecule has 19 heavy (non-hydrogen) atoms. The zero-order chi connectivity index (χ0) is 14.7. The molecule has 1 atom stereocenters. The van der Waals surface area contributed by atoms with Crippen LogP contribution in [0.4, 0.5) is 0 Å². The van der Waals surface area contributed by atoms with Crippen molar-refractivity contribution in [2.24, 2.45) is 5.73 Å². The van der Waals surface area contributed by atoms with Gasteiger partial charge in [0.1, 0.15) is 0 Å². The molecule has 0 radical (unpaired) electrons. The first-order valence-corrected chi connectivity index (χ1v) is 7.31. The van der Waals surface area contributed by atoms with Crippen molar-refractivity contribution in [1.82, 2.24) is 4.90 Å². The van der Waals surface area contributed by atoms with Crippen LogP contribution in [0.5, 0.6) is 0 Å². The molecule has 1 rings (SSSR count). The molecule has 0 saturated carbocycles. The Hall–Kier alpha value is -0.570. The molecule has 2 nitrogen and oxygen atoms in total. The van der Waals surface area contributed by atoms with Crippen molar-refractivity contribution in [3.8, 4) is 0 Å². The van der Waals surface area contributed by atoms with Crippen LogP contribution >= 0.6 is 11.6 Å². The predicted octanol–water partition coefficient (Wildman–Crippen LogP) is 3.72. The Morgan fingerprint density at radius 3 is 2.11 bits per heavy atom. The highest BCUT2D eigenvalue weighted by molar-refractivity contribution is 6.30. The number of nitrogens with zero attached hydrogens (tertiary/aromatic N) is 1. The van der Waals surface area contributed by atoms with Gasteiger partial charge < -0.3 is 5.73 Å². The average Bonchev–Trinajstić information content (AvgIpc) is 2.40. The monoisotopic (exact) mass is 282 g/mol. The molecule has 2 N–H and O–H groups in total. The molecule has 0 bridgehead atoms. The highest BCUT2D eigenvalue weighted by Crippen LogP contribution is 2.28. The summed E-state index contributed by atoms with van der Waals surface area (Å²) in [6.45, 7) is 9.62. The molecule has 0 aliphatic rings. The number of hydrogen-bond donors (Lipinski definition) is 1. The topological polar surface area (TPSA) is 29.3 Å². The number of benzene rings is 1. The molecule has 0 aliphatic carbocycles. The van der Waals surface area contributed by atoms with E-state index in [1.165, 1.54) is 5.56 Å². The van der Waals surface area contributed by atoms with Gasteiger partial charge in [0.2, 0.25) is 0 Å². The third kappa shape index (κ3) is 3.95. The van der Waals surface area contributed by atoms with E-state index in [0.29, 0.717) is 6.54 Å². The summed E-state index contributed by atoms with van der Waals surface area (Å²) in [5.74, 6) is 0. The second kappa shape index (κ2) is 6.25. The molecule has 1 aromatic rings. The number of halogens is 1. The van der Waals surface area contributed by atoms with Gasteiger partial charge >= 0.3 is 0 Å². The van der Waals surface area contributed by atoms with Gasteiger partial charge in [0, 0.05) is 22.6 Å². The first kappa shape index (κ1) is 16.5. The second-order valence-corrected chi connectivity index (χ2v) is 6.67. The van der Waals surface area contributed by atoms with Gasteiger partial charge in [0.15, 0.2) is 0 Å². The van der Waals surface area contributed by atoms with Crippen molar-refractivity contribution in [3.63, 3.8) is 0 Å². The van der Waals surface area contributed by atoms with Gasteiger partial charge in [-0.05, 0) is 58.4 Å². The van der Waals surface area contributed by atoms with E-state index in [4.69, 9.17) is 17.3 Å². The minimum Gasteiger partial charge on any atom is -0.329 e. The zero-order valence-corrected chi connectivity index (χ0v) is 13.6. The van der Waals surface area contributed by atoms with Crippen LogP contribution in [-0.2, 0) is 6.42 Å². The fourth-order valence-corrected chi connectivity index (χ4v) is 2.46. The van der Waals surface area contributed by atoms with E-state index in [-0.39, 0.29) is 11.1 Å².